The molecule has 11 heteroatoms. The van der Waals surface area contributed by atoms with Gasteiger partial charge in [-0.2, -0.15) is 0 Å². The number of aliphatic imine (C=N–C) groups is 1. The Hall–Kier alpha value is -1.98. The Labute approximate surface area is 187 Å². The molecule has 1 aromatic heterocycles. The normalized spacial score (nSPS) is 15.1. The lowest BCUT2D eigenvalue weighted by Gasteiger charge is -2.14. The SMILES string of the molecule is CCCCS(=O)(=O)N[C@@H](Cc1ccc(CCCCC(=O)NC2=NCCCN2)s1)C(=O)O. The standard InChI is InChI=1S/C20H32N4O5S2/c1-2-3-13-31(28,29)24-17(19(26)27)14-16-10-9-15(30-16)7-4-5-8-18(25)23-20-21-11-6-12-22-20/h9-10,17,24H,2-8,11-14H2,1H3,(H,26,27)(H2,21,22,23,25)/t17-/m0/s1. The number of hydrogen-bond donors (Lipinski definition) is 4. The molecule has 0 bridgehead atoms. The summed E-state index contributed by atoms with van der Waals surface area (Å²) in [5, 5.41) is 15.2. The molecule has 1 aliphatic heterocycles. The molecule has 0 saturated carbocycles. The number of aliphatic carboxylic acids is 1. The second-order valence-corrected chi connectivity index (χ2v) is 10.6. The molecular weight excluding hydrogens is 440 g/mol. The van der Waals surface area contributed by atoms with Crippen LogP contribution in [0.1, 0.15) is 55.2 Å². The van der Waals surface area contributed by atoms with Crippen LogP contribution in [0.2, 0.25) is 0 Å². The minimum Gasteiger partial charge on any atom is -0.480 e. The summed E-state index contributed by atoms with van der Waals surface area (Å²) in [6.07, 6.45) is 5.08. The molecule has 1 atom stereocenters. The second-order valence-electron chi connectivity index (χ2n) is 7.52. The van der Waals surface area contributed by atoms with Crippen molar-refractivity contribution in [2.24, 2.45) is 4.99 Å². The first kappa shape index (κ1) is 25.3. The number of amides is 1. The lowest BCUT2D eigenvalue weighted by Crippen LogP contribution is -2.43. The molecule has 0 saturated heterocycles. The van der Waals surface area contributed by atoms with Crippen LogP contribution in [0.4, 0.5) is 0 Å². The van der Waals surface area contributed by atoms with E-state index >= 15 is 0 Å². The van der Waals surface area contributed by atoms with E-state index in [9.17, 15) is 23.1 Å². The third-order valence-corrected chi connectivity index (χ3v) is 7.38. The first-order chi connectivity index (χ1) is 14.8. The highest BCUT2D eigenvalue weighted by atomic mass is 32.2. The average Bonchev–Trinajstić information content (AvgIpc) is 3.17. The number of carboxylic acids is 1. The van der Waals surface area contributed by atoms with E-state index in [2.05, 4.69) is 20.3 Å². The van der Waals surface area contributed by atoms with Crippen molar-refractivity contribution in [3.8, 4) is 0 Å². The zero-order valence-corrected chi connectivity index (χ0v) is 19.5. The molecule has 0 aromatic carbocycles. The van der Waals surface area contributed by atoms with Gasteiger partial charge in [0.25, 0.3) is 0 Å². The number of guanidine groups is 1. The third kappa shape index (κ3) is 9.79. The highest BCUT2D eigenvalue weighted by Gasteiger charge is 2.24. The van der Waals surface area contributed by atoms with Gasteiger partial charge in [0.05, 0.1) is 5.75 Å². The average molecular weight is 473 g/mol. The summed E-state index contributed by atoms with van der Waals surface area (Å²) in [4.78, 5) is 29.6. The molecule has 174 valence electrons. The van der Waals surface area contributed by atoms with Crippen molar-refractivity contribution in [3.05, 3.63) is 21.9 Å². The number of nitrogens with one attached hydrogen (secondary N) is 3. The smallest absolute Gasteiger partial charge is 0.322 e. The Balaban J connectivity index is 1.75. The van der Waals surface area contributed by atoms with Crippen molar-refractivity contribution in [1.29, 1.82) is 0 Å². The minimum atomic E-state index is -3.61. The second kappa shape index (κ2) is 12.8. The van der Waals surface area contributed by atoms with Crippen molar-refractivity contribution < 1.29 is 23.1 Å². The summed E-state index contributed by atoms with van der Waals surface area (Å²) in [6, 6.07) is 2.61. The molecule has 1 aromatic rings. The van der Waals surface area contributed by atoms with Gasteiger partial charge in [-0.1, -0.05) is 13.3 Å². The number of carbonyl (C=O) groups excluding carboxylic acids is 1. The first-order valence-electron chi connectivity index (χ1n) is 10.7. The van der Waals surface area contributed by atoms with Crippen molar-refractivity contribution >= 4 is 39.2 Å². The van der Waals surface area contributed by atoms with E-state index in [1.54, 1.807) is 0 Å². The van der Waals surface area contributed by atoms with Gasteiger partial charge in [-0.3, -0.25) is 19.9 Å². The maximum atomic E-state index is 12.0. The van der Waals surface area contributed by atoms with E-state index < -0.39 is 22.0 Å². The summed E-state index contributed by atoms with van der Waals surface area (Å²) in [6.45, 7) is 3.43. The Morgan fingerprint density at radius 1 is 1.26 bits per heavy atom. The molecule has 9 nitrogen and oxygen atoms in total. The van der Waals surface area contributed by atoms with Crippen molar-refractivity contribution in [2.75, 3.05) is 18.8 Å². The fourth-order valence-electron chi connectivity index (χ4n) is 3.05. The van der Waals surface area contributed by atoms with Gasteiger partial charge < -0.3 is 10.4 Å². The van der Waals surface area contributed by atoms with Crippen LogP contribution in [0.25, 0.3) is 0 Å². The highest BCUT2D eigenvalue weighted by molar-refractivity contribution is 7.89. The fourth-order valence-corrected chi connectivity index (χ4v) is 5.56. The molecule has 1 aliphatic rings. The Morgan fingerprint density at radius 2 is 2.03 bits per heavy atom. The van der Waals surface area contributed by atoms with Crippen molar-refractivity contribution in [3.63, 3.8) is 0 Å². The van der Waals surface area contributed by atoms with E-state index in [1.165, 1.54) is 11.3 Å². The van der Waals surface area contributed by atoms with Crippen LogP contribution in [0.3, 0.4) is 0 Å². The topological polar surface area (TPSA) is 137 Å². The fraction of sp³-hybridized carbons (Fsp3) is 0.650. The Morgan fingerprint density at radius 3 is 2.71 bits per heavy atom. The predicted molar refractivity (Wildman–Crippen MR) is 122 cm³/mol. The summed E-state index contributed by atoms with van der Waals surface area (Å²) in [5.41, 5.74) is 0. The predicted octanol–water partition coefficient (Wildman–Crippen LogP) is 1.64. The molecule has 1 amide bonds. The van der Waals surface area contributed by atoms with Crippen LogP contribution in [-0.2, 0) is 32.5 Å². The van der Waals surface area contributed by atoms with Crippen LogP contribution in [0.15, 0.2) is 17.1 Å². The largest absolute Gasteiger partial charge is 0.480 e. The lowest BCUT2D eigenvalue weighted by molar-refractivity contribution is -0.138. The number of sulfonamides is 1. The zero-order valence-electron chi connectivity index (χ0n) is 17.9. The molecule has 4 N–H and O–H groups in total. The molecule has 0 unspecified atom stereocenters. The van der Waals surface area contributed by atoms with Gasteiger partial charge in [0, 0.05) is 35.7 Å². The summed E-state index contributed by atoms with van der Waals surface area (Å²) < 4.78 is 26.4. The molecule has 0 radical (unpaired) electrons. The quantitative estimate of drug-likeness (QED) is 0.322. The highest BCUT2D eigenvalue weighted by Crippen LogP contribution is 2.21. The molecule has 2 rings (SSSR count). The number of nitrogens with zero attached hydrogens (tertiary/aromatic N) is 1. The van der Waals surface area contributed by atoms with Gasteiger partial charge in [0.2, 0.25) is 15.9 Å². The van der Waals surface area contributed by atoms with Gasteiger partial charge >= 0.3 is 5.97 Å². The monoisotopic (exact) mass is 472 g/mol. The van der Waals surface area contributed by atoms with Crippen LogP contribution >= 0.6 is 11.3 Å². The lowest BCUT2D eigenvalue weighted by atomic mass is 10.1. The maximum Gasteiger partial charge on any atom is 0.322 e. The molecular formula is C20H32N4O5S2. The summed E-state index contributed by atoms with van der Waals surface area (Å²) in [7, 11) is -3.61. The van der Waals surface area contributed by atoms with Crippen LogP contribution < -0.4 is 15.4 Å². The first-order valence-corrected chi connectivity index (χ1v) is 13.1. The van der Waals surface area contributed by atoms with Crippen molar-refractivity contribution in [2.45, 2.75) is 64.3 Å². The van der Waals surface area contributed by atoms with Crippen LogP contribution in [0, 0.1) is 0 Å². The van der Waals surface area contributed by atoms with Gasteiger partial charge in [0.15, 0.2) is 5.96 Å². The number of rotatable bonds is 13. The minimum absolute atomic E-state index is 0.0559. The number of carbonyl (C=O) groups is 2. The third-order valence-electron chi connectivity index (χ3n) is 4.74. The van der Waals surface area contributed by atoms with Gasteiger partial charge in [-0.15, -0.1) is 11.3 Å². The number of thiophene rings is 1. The Bertz CT molecular complexity index is 867. The van der Waals surface area contributed by atoms with Crippen molar-refractivity contribution in [1.82, 2.24) is 15.4 Å². The summed E-state index contributed by atoms with van der Waals surface area (Å²) >= 11 is 1.48. The number of hydrogen-bond acceptors (Lipinski definition) is 7. The van der Waals surface area contributed by atoms with E-state index in [-0.39, 0.29) is 18.1 Å². The van der Waals surface area contributed by atoms with E-state index in [0.717, 1.165) is 54.9 Å². The molecule has 0 fully saturated rings. The molecule has 0 spiro atoms. The molecule has 2 heterocycles. The molecule has 31 heavy (non-hydrogen) atoms. The maximum absolute atomic E-state index is 12.0. The number of carboxylic acid groups (broad SMARTS) is 1. The van der Waals surface area contributed by atoms with Gasteiger partial charge in [-0.05, 0) is 44.2 Å². The Kier molecular flexibility index (Phi) is 10.4. The van der Waals surface area contributed by atoms with E-state index in [0.29, 0.717) is 18.8 Å². The van der Waals surface area contributed by atoms with Crippen LogP contribution in [-0.4, -0.2) is 56.2 Å². The summed E-state index contributed by atoms with van der Waals surface area (Å²) in [5.74, 6) is -0.754. The van der Waals surface area contributed by atoms with E-state index in [4.69, 9.17) is 0 Å². The van der Waals surface area contributed by atoms with E-state index in [1.807, 2.05) is 19.1 Å². The van der Waals surface area contributed by atoms with Gasteiger partial charge in [0.1, 0.15) is 6.04 Å². The zero-order chi connectivity index (χ0) is 22.7. The van der Waals surface area contributed by atoms with Gasteiger partial charge in [-0.25, -0.2) is 13.1 Å². The molecule has 0 aliphatic carbocycles. The number of aryl methyl sites for hydroxylation is 1. The number of unbranched alkanes of at least 4 members (excludes halogenated alkanes) is 2. The van der Waals surface area contributed by atoms with Crippen LogP contribution in [0.5, 0.6) is 0 Å².